The van der Waals surface area contributed by atoms with Crippen molar-refractivity contribution in [3.8, 4) is 0 Å². The highest BCUT2D eigenvalue weighted by Gasteiger charge is 2.09. The van der Waals surface area contributed by atoms with Crippen molar-refractivity contribution in [2.45, 2.75) is 12.5 Å². The van der Waals surface area contributed by atoms with Crippen molar-refractivity contribution in [2.75, 3.05) is 6.54 Å². The van der Waals surface area contributed by atoms with Crippen LogP contribution in [0.4, 0.5) is 0 Å². The first kappa shape index (κ1) is 13.2. The first-order chi connectivity index (χ1) is 4.70. The molecule has 6 nitrogen and oxygen atoms in total. The zero-order valence-corrected chi connectivity index (χ0v) is 6.97. The summed E-state index contributed by atoms with van der Waals surface area (Å²) in [5.74, 6) is -0.997. The van der Waals surface area contributed by atoms with Crippen molar-refractivity contribution in [2.24, 2.45) is 5.73 Å². The molecule has 0 aromatic rings. The maximum Gasteiger partial charge on any atom is 0.306 e. The second-order valence-corrected chi connectivity index (χ2v) is 2.15. The molecule has 0 aliphatic carbocycles. The number of hydrogen-bond donors (Lipinski definition) is 2. The van der Waals surface area contributed by atoms with E-state index in [1.165, 1.54) is 0 Å². The maximum atomic E-state index is 10.0. The molecule has 0 saturated carbocycles. The Hall–Kier alpha value is -0.420. The topological polar surface area (TPSA) is 121 Å². The van der Waals surface area contributed by atoms with Crippen molar-refractivity contribution in [3.63, 3.8) is 0 Å². The highest BCUT2D eigenvalue weighted by molar-refractivity contribution is 7.17. The molecule has 7 heteroatoms. The molecule has 0 rings (SSSR count). The van der Waals surface area contributed by atoms with Gasteiger partial charge in [0, 0.05) is 6.54 Å². The predicted molar refractivity (Wildman–Crippen MR) is 40.2 cm³/mol. The van der Waals surface area contributed by atoms with Crippen molar-refractivity contribution in [1.29, 1.82) is 0 Å². The molecule has 2 unspecified atom stereocenters. The van der Waals surface area contributed by atoms with Crippen LogP contribution < -0.4 is 5.73 Å². The van der Waals surface area contributed by atoms with Gasteiger partial charge in [0.1, 0.15) is 0 Å². The Balaban J connectivity index is 0. The van der Waals surface area contributed by atoms with Gasteiger partial charge in [0.25, 0.3) is 0 Å². The molecule has 0 spiro atoms. The number of carboxylic acids is 1. The number of nitrogens with two attached hydrogens (primary N) is 1. The Labute approximate surface area is 64.9 Å². The predicted octanol–water partition coefficient (Wildman–Crippen LogP) is -1.35. The lowest BCUT2D eigenvalue weighted by Crippen LogP contribution is -2.23. The number of aliphatic carboxylic acids is 1. The second kappa shape index (κ2) is 7.68. The number of rotatable bonds is 5. The molecular weight excluding hydrogens is 173 g/mol. The second-order valence-electron chi connectivity index (χ2n) is 1.69. The van der Waals surface area contributed by atoms with Crippen LogP contribution in [0.5, 0.6) is 0 Å². The molecule has 11 heavy (non-hydrogen) atoms. The molecular formula is C4H12NO5P. The van der Waals surface area contributed by atoms with Crippen molar-refractivity contribution < 1.29 is 24.5 Å². The Morgan fingerprint density at radius 3 is 2.55 bits per heavy atom. The van der Waals surface area contributed by atoms with Gasteiger partial charge in [-0.15, -0.1) is 0 Å². The van der Waals surface area contributed by atoms with Gasteiger partial charge in [-0.25, -0.2) is 0 Å². The van der Waals surface area contributed by atoms with Crippen LogP contribution in [0.3, 0.4) is 0 Å². The largest absolute Gasteiger partial charge is 0.481 e. The average Bonchev–Trinajstić information content (AvgIpc) is 1.86. The summed E-state index contributed by atoms with van der Waals surface area (Å²) in [7, 11) is -1.36. The zero-order chi connectivity index (χ0) is 7.98. The number of carboxylic acid groups (broad SMARTS) is 1. The van der Waals surface area contributed by atoms with Crippen LogP contribution in [-0.4, -0.2) is 29.2 Å². The summed E-state index contributed by atoms with van der Waals surface area (Å²) in [6.45, 7) is 0.0849. The lowest BCUT2D eigenvalue weighted by atomic mass is 10.3. The summed E-state index contributed by atoms with van der Waals surface area (Å²) in [6.07, 6.45) is -0.795. The summed E-state index contributed by atoms with van der Waals surface area (Å²) in [5, 5.41) is 8.21. The molecule has 0 aliphatic heterocycles. The van der Waals surface area contributed by atoms with Gasteiger partial charge in [0.2, 0.25) is 0 Å². The van der Waals surface area contributed by atoms with Crippen LogP contribution in [0.2, 0.25) is 0 Å². The summed E-state index contributed by atoms with van der Waals surface area (Å²) in [4.78, 5) is 10.0. The van der Waals surface area contributed by atoms with Gasteiger partial charge in [-0.05, 0) is 0 Å². The van der Waals surface area contributed by atoms with Crippen molar-refractivity contribution >= 4 is 14.7 Å². The Kier molecular flexibility index (Phi) is 9.21. The fourth-order valence-corrected chi connectivity index (χ4v) is 0.825. The Bertz CT molecular complexity index is 130. The lowest BCUT2D eigenvalue weighted by molar-refractivity contribution is -0.138. The van der Waals surface area contributed by atoms with E-state index in [-0.39, 0.29) is 18.4 Å². The molecule has 5 N–H and O–H groups in total. The monoisotopic (exact) mass is 185 g/mol. The van der Waals surface area contributed by atoms with Gasteiger partial charge in [-0.3, -0.25) is 9.36 Å². The molecule has 0 aromatic carbocycles. The van der Waals surface area contributed by atoms with E-state index in [0.29, 0.717) is 0 Å². The van der Waals surface area contributed by atoms with E-state index in [4.69, 9.17) is 10.8 Å². The van der Waals surface area contributed by atoms with Crippen LogP contribution in [0, 0.1) is 0 Å². The SMILES string of the molecule is NCC(CC(=O)O)O[PH2]=O.O. The van der Waals surface area contributed by atoms with E-state index in [1.54, 1.807) is 0 Å². The van der Waals surface area contributed by atoms with Gasteiger partial charge >= 0.3 is 5.97 Å². The van der Waals surface area contributed by atoms with E-state index in [9.17, 15) is 9.36 Å². The normalized spacial score (nSPS) is 12.8. The third-order valence-corrected chi connectivity index (χ3v) is 1.41. The van der Waals surface area contributed by atoms with Crippen LogP contribution in [-0.2, 0) is 13.9 Å². The highest BCUT2D eigenvalue weighted by Crippen LogP contribution is 2.04. The third kappa shape index (κ3) is 7.48. The van der Waals surface area contributed by atoms with Crippen molar-refractivity contribution in [3.05, 3.63) is 0 Å². The molecule has 2 atom stereocenters. The summed E-state index contributed by atoms with van der Waals surface area (Å²) in [6, 6.07) is 0. The fourth-order valence-electron chi connectivity index (χ4n) is 0.460. The number of carbonyl (C=O) groups is 1. The minimum atomic E-state index is -1.36. The van der Waals surface area contributed by atoms with Gasteiger partial charge in [-0.2, -0.15) is 0 Å². The van der Waals surface area contributed by atoms with Crippen LogP contribution in [0.25, 0.3) is 0 Å². The van der Waals surface area contributed by atoms with Gasteiger partial charge < -0.3 is 20.8 Å². The molecule has 0 aliphatic rings. The van der Waals surface area contributed by atoms with Gasteiger partial charge in [-0.1, -0.05) is 0 Å². The van der Waals surface area contributed by atoms with E-state index in [1.807, 2.05) is 0 Å². The minimum Gasteiger partial charge on any atom is -0.481 e. The van der Waals surface area contributed by atoms with E-state index < -0.39 is 20.8 Å². The third-order valence-electron chi connectivity index (χ3n) is 0.913. The Morgan fingerprint density at radius 2 is 2.27 bits per heavy atom. The molecule has 0 heterocycles. The van der Waals surface area contributed by atoms with E-state index in [2.05, 4.69) is 4.52 Å². The van der Waals surface area contributed by atoms with Crippen molar-refractivity contribution in [1.82, 2.24) is 0 Å². The maximum absolute atomic E-state index is 10.0. The van der Waals surface area contributed by atoms with E-state index in [0.717, 1.165) is 0 Å². The van der Waals surface area contributed by atoms with Gasteiger partial charge in [0.15, 0.2) is 8.69 Å². The molecule has 0 aromatic heterocycles. The molecule has 68 valence electrons. The first-order valence-electron chi connectivity index (χ1n) is 2.71. The molecule has 0 fully saturated rings. The minimum absolute atomic E-state index is 0. The molecule has 0 radical (unpaired) electrons. The summed E-state index contributed by atoms with van der Waals surface area (Å²) >= 11 is 0. The van der Waals surface area contributed by atoms with Crippen LogP contribution >= 0.6 is 8.69 Å². The highest BCUT2D eigenvalue weighted by atomic mass is 31.1. The lowest BCUT2D eigenvalue weighted by Gasteiger charge is -2.07. The number of hydrogen-bond acceptors (Lipinski definition) is 4. The molecule has 0 amide bonds. The van der Waals surface area contributed by atoms with Crippen LogP contribution in [0.15, 0.2) is 0 Å². The first-order valence-corrected chi connectivity index (χ1v) is 3.66. The fraction of sp³-hybridized carbons (Fsp3) is 0.750. The van der Waals surface area contributed by atoms with Gasteiger partial charge in [0.05, 0.1) is 12.5 Å². The zero-order valence-electron chi connectivity index (χ0n) is 5.82. The van der Waals surface area contributed by atoms with Crippen LogP contribution in [0.1, 0.15) is 6.42 Å². The standard InChI is InChI=1S/C4H10NO4P.H2O/c5-2-3(9-10-8)1-4(6)7;/h3H,1-2,5,10H2,(H,6,7);1H2. The quantitative estimate of drug-likeness (QED) is 0.513. The summed E-state index contributed by atoms with van der Waals surface area (Å²) in [5.41, 5.74) is 5.09. The Morgan fingerprint density at radius 1 is 1.73 bits per heavy atom. The van der Waals surface area contributed by atoms with E-state index >= 15 is 0 Å². The summed E-state index contributed by atoms with van der Waals surface area (Å²) < 4.78 is 14.4. The average molecular weight is 185 g/mol. The smallest absolute Gasteiger partial charge is 0.306 e. The molecule has 0 bridgehead atoms. The molecule has 0 saturated heterocycles.